The molecule has 1 aromatic rings. The molecule has 0 radical (unpaired) electrons. The first-order valence-corrected chi connectivity index (χ1v) is 5.86. The second-order valence-corrected chi connectivity index (χ2v) is 4.49. The zero-order chi connectivity index (χ0) is 14.0. The van der Waals surface area contributed by atoms with Crippen LogP contribution in [0.15, 0.2) is 12.3 Å². The Labute approximate surface area is 108 Å². The summed E-state index contributed by atoms with van der Waals surface area (Å²) in [7, 11) is 1.27. The molecular formula is C12H14F4N2O. The van der Waals surface area contributed by atoms with Crippen LogP contribution in [0.4, 0.5) is 17.6 Å². The molecule has 106 valence electrons. The summed E-state index contributed by atoms with van der Waals surface area (Å²) in [5, 5.41) is 0. The number of likely N-dealkylation sites (tertiary alicyclic amines) is 1. The topological polar surface area (TPSA) is 25.4 Å². The molecule has 0 N–H and O–H groups in total. The van der Waals surface area contributed by atoms with E-state index in [2.05, 4.69) is 4.98 Å². The molecule has 1 fully saturated rings. The van der Waals surface area contributed by atoms with E-state index in [1.165, 1.54) is 13.3 Å². The Morgan fingerprint density at radius 1 is 1.42 bits per heavy atom. The van der Waals surface area contributed by atoms with Crippen LogP contribution in [0.3, 0.4) is 0 Å². The van der Waals surface area contributed by atoms with Gasteiger partial charge in [-0.1, -0.05) is 0 Å². The monoisotopic (exact) mass is 278 g/mol. The van der Waals surface area contributed by atoms with Gasteiger partial charge in [0, 0.05) is 31.9 Å². The minimum absolute atomic E-state index is 0.0659. The van der Waals surface area contributed by atoms with Gasteiger partial charge < -0.3 is 4.74 Å². The number of hydrogen-bond acceptors (Lipinski definition) is 3. The smallest absolute Gasteiger partial charge is 0.416 e. The van der Waals surface area contributed by atoms with Crippen LogP contribution in [0.25, 0.3) is 0 Å². The summed E-state index contributed by atoms with van der Waals surface area (Å²) in [5.74, 6) is -0.0659. The molecule has 2 heterocycles. The van der Waals surface area contributed by atoms with Crippen LogP contribution in [-0.4, -0.2) is 42.8 Å². The van der Waals surface area contributed by atoms with Crippen LogP contribution in [0, 0.1) is 0 Å². The SMILES string of the molecule is COc1cc(C(F)(F)F)c(CCN2CC(F)C2)cn1. The number of methoxy groups -OCH3 is 1. The average molecular weight is 278 g/mol. The first-order chi connectivity index (χ1) is 8.90. The lowest BCUT2D eigenvalue weighted by Gasteiger charge is -2.34. The summed E-state index contributed by atoms with van der Waals surface area (Å²) in [4.78, 5) is 5.57. The molecule has 7 heteroatoms. The highest BCUT2D eigenvalue weighted by atomic mass is 19.4. The molecule has 0 unspecified atom stereocenters. The van der Waals surface area contributed by atoms with Gasteiger partial charge in [0.25, 0.3) is 0 Å². The summed E-state index contributed by atoms with van der Waals surface area (Å²) < 4.78 is 56.0. The van der Waals surface area contributed by atoms with Gasteiger partial charge in [-0.25, -0.2) is 9.37 Å². The van der Waals surface area contributed by atoms with Gasteiger partial charge in [0.1, 0.15) is 6.17 Å². The predicted molar refractivity (Wildman–Crippen MR) is 60.8 cm³/mol. The third-order valence-corrected chi connectivity index (χ3v) is 3.09. The van der Waals surface area contributed by atoms with E-state index in [0.29, 0.717) is 19.6 Å². The van der Waals surface area contributed by atoms with Gasteiger partial charge in [0.2, 0.25) is 5.88 Å². The summed E-state index contributed by atoms with van der Waals surface area (Å²) in [6.45, 7) is 0.993. The summed E-state index contributed by atoms with van der Waals surface area (Å²) in [6, 6.07) is 0.892. The molecule has 1 aromatic heterocycles. The Bertz CT molecular complexity index is 444. The fraction of sp³-hybridized carbons (Fsp3) is 0.583. The number of hydrogen-bond donors (Lipinski definition) is 0. The van der Waals surface area contributed by atoms with Gasteiger partial charge >= 0.3 is 6.18 Å². The molecule has 2 rings (SSSR count). The molecule has 0 aromatic carbocycles. The molecule has 1 aliphatic heterocycles. The van der Waals surface area contributed by atoms with Crippen LogP contribution >= 0.6 is 0 Å². The molecule has 1 saturated heterocycles. The molecule has 19 heavy (non-hydrogen) atoms. The van der Waals surface area contributed by atoms with E-state index in [1.807, 2.05) is 0 Å². The van der Waals surface area contributed by atoms with Crippen LogP contribution < -0.4 is 4.74 Å². The van der Waals surface area contributed by atoms with Crippen molar-refractivity contribution in [1.82, 2.24) is 9.88 Å². The zero-order valence-corrected chi connectivity index (χ0v) is 10.4. The molecule has 0 atom stereocenters. The summed E-state index contributed by atoms with van der Waals surface area (Å²) in [6.07, 6.45) is -3.92. The molecule has 0 bridgehead atoms. The standard InChI is InChI=1S/C12H14F4N2O/c1-19-11-4-10(12(14,15)16)8(5-17-11)2-3-18-6-9(13)7-18/h4-5,9H,2-3,6-7H2,1H3. The highest BCUT2D eigenvalue weighted by Crippen LogP contribution is 2.33. The maximum Gasteiger partial charge on any atom is 0.416 e. The Balaban J connectivity index is 2.10. The number of ether oxygens (including phenoxy) is 1. The quantitative estimate of drug-likeness (QED) is 0.790. The van der Waals surface area contributed by atoms with Gasteiger partial charge in [0.05, 0.1) is 12.7 Å². The fourth-order valence-electron chi connectivity index (χ4n) is 2.01. The van der Waals surface area contributed by atoms with Gasteiger partial charge in [-0.3, -0.25) is 4.90 Å². The van der Waals surface area contributed by atoms with Crippen molar-refractivity contribution in [1.29, 1.82) is 0 Å². The second kappa shape index (κ2) is 5.32. The number of alkyl halides is 4. The summed E-state index contributed by atoms with van der Waals surface area (Å²) in [5.41, 5.74) is -0.632. The molecule has 0 saturated carbocycles. The van der Waals surface area contributed by atoms with E-state index >= 15 is 0 Å². The van der Waals surface area contributed by atoms with Crippen molar-refractivity contribution < 1.29 is 22.3 Å². The van der Waals surface area contributed by atoms with Crippen molar-refractivity contribution in [2.45, 2.75) is 18.8 Å². The molecule has 3 nitrogen and oxygen atoms in total. The first kappa shape index (κ1) is 14.0. The first-order valence-electron chi connectivity index (χ1n) is 5.86. The lowest BCUT2D eigenvalue weighted by Crippen LogP contribution is -2.49. The number of pyridine rings is 1. The van der Waals surface area contributed by atoms with Crippen molar-refractivity contribution in [2.24, 2.45) is 0 Å². The Kier molecular flexibility index (Phi) is 3.93. The van der Waals surface area contributed by atoms with Crippen LogP contribution in [0.1, 0.15) is 11.1 Å². The molecule has 1 aliphatic rings. The van der Waals surface area contributed by atoms with E-state index in [9.17, 15) is 17.6 Å². The van der Waals surface area contributed by atoms with Crippen LogP contribution in [0.2, 0.25) is 0 Å². The number of halogens is 4. The van der Waals surface area contributed by atoms with Crippen molar-refractivity contribution in [3.05, 3.63) is 23.4 Å². The molecule has 0 amide bonds. The van der Waals surface area contributed by atoms with E-state index in [-0.39, 0.29) is 17.9 Å². The number of aromatic nitrogens is 1. The van der Waals surface area contributed by atoms with Crippen molar-refractivity contribution >= 4 is 0 Å². The van der Waals surface area contributed by atoms with Gasteiger partial charge in [-0.05, 0) is 12.0 Å². The highest BCUT2D eigenvalue weighted by molar-refractivity contribution is 5.32. The number of rotatable bonds is 4. The van der Waals surface area contributed by atoms with E-state index in [0.717, 1.165) is 6.07 Å². The zero-order valence-electron chi connectivity index (χ0n) is 10.4. The Morgan fingerprint density at radius 3 is 2.63 bits per heavy atom. The summed E-state index contributed by atoms with van der Waals surface area (Å²) >= 11 is 0. The van der Waals surface area contributed by atoms with E-state index in [1.54, 1.807) is 4.90 Å². The molecular weight excluding hydrogens is 264 g/mol. The predicted octanol–water partition coefficient (Wildman–Crippen LogP) is 2.31. The van der Waals surface area contributed by atoms with Crippen molar-refractivity contribution in [2.75, 3.05) is 26.7 Å². The van der Waals surface area contributed by atoms with E-state index in [4.69, 9.17) is 4.74 Å². The molecule has 0 aliphatic carbocycles. The van der Waals surface area contributed by atoms with Crippen molar-refractivity contribution in [3.8, 4) is 5.88 Å². The maximum atomic E-state index is 12.9. The van der Waals surface area contributed by atoms with E-state index < -0.39 is 17.9 Å². The third-order valence-electron chi connectivity index (χ3n) is 3.09. The third kappa shape index (κ3) is 3.34. The van der Waals surface area contributed by atoms with Gasteiger partial charge in [0.15, 0.2) is 0 Å². The number of nitrogens with zero attached hydrogens (tertiary/aromatic N) is 2. The Morgan fingerprint density at radius 2 is 2.11 bits per heavy atom. The molecule has 0 spiro atoms. The highest BCUT2D eigenvalue weighted by Gasteiger charge is 2.34. The second-order valence-electron chi connectivity index (χ2n) is 4.49. The Hall–Kier alpha value is -1.37. The van der Waals surface area contributed by atoms with Crippen LogP contribution in [-0.2, 0) is 12.6 Å². The fourth-order valence-corrected chi connectivity index (χ4v) is 2.01. The minimum Gasteiger partial charge on any atom is -0.481 e. The normalized spacial score (nSPS) is 17.3. The van der Waals surface area contributed by atoms with Gasteiger partial charge in [-0.15, -0.1) is 0 Å². The van der Waals surface area contributed by atoms with Crippen LogP contribution in [0.5, 0.6) is 5.88 Å². The maximum absolute atomic E-state index is 12.9. The lowest BCUT2D eigenvalue weighted by molar-refractivity contribution is -0.138. The average Bonchev–Trinajstić information content (AvgIpc) is 2.32. The van der Waals surface area contributed by atoms with Gasteiger partial charge in [-0.2, -0.15) is 13.2 Å². The lowest BCUT2D eigenvalue weighted by atomic mass is 10.1. The minimum atomic E-state index is -4.44. The largest absolute Gasteiger partial charge is 0.481 e. The van der Waals surface area contributed by atoms with Crippen molar-refractivity contribution in [3.63, 3.8) is 0 Å².